The minimum absolute atomic E-state index is 0.0753. The summed E-state index contributed by atoms with van der Waals surface area (Å²) in [7, 11) is 1.76. The molecule has 5 nitrogen and oxygen atoms in total. The molecule has 0 unspecified atom stereocenters. The number of amidine groups is 1. The molecule has 1 fully saturated rings. The number of ether oxygens (including phenoxy) is 1. The Morgan fingerprint density at radius 1 is 1.44 bits per heavy atom. The Kier molecular flexibility index (Phi) is 3.81. The standard InChI is InChI=1S/C13H20N4O/c1-9-3-4-11(12(14)15)13(16-9)17-7-5-10(18-2)6-8-17/h3-4,10H,5-8H2,1-2H3,(H3,14,15). The predicted octanol–water partition coefficient (Wildman–Crippen LogP) is 1.29. The number of hydrogen-bond donors (Lipinski definition) is 2. The zero-order valence-electron chi connectivity index (χ0n) is 10.9. The highest BCUT2D eigenvalue weighted by atomic mass is 16.5. The molecule has 2 rings (SSSR count). The summed E-state index contributed by atoms with van der Waals surface area (Å²) in [4.78, 5) is 6.73. The zero-order chi connectivity index (χ0) is 13.1. The Morgan fingerprint density at radius 3 is 2.67 bits per heavy atom. The van der Waals surface area contributed by atoms with Crippen LogP contribution in [0.25, 0.3) is 0 Å². The van der Waals surface area contributed by atoms with Gasteiger partial charge in [0.25, 0.3) is 0 Å². The fraction of sp³-hybridized carbons (Fsp3) is 0.538. The van der Waals surface area contributed by atoms with Gasteiger partial charge in [-0.1, -0.05) is 0 Å². The van der Waals surface area contributed by atoms with Crippen LogP contribution in [0.1, 0.15) is 24.1 Å². The molecule has 0 bridgehead atoms. The lowest BCUT2D eigenvalue weighted by atomic mass is 10.1. The van der Waals surface area contributed by atoms with Crippen LogP contribution in [-0.4, -0.2) is 37.1 Å². The number of rotatable bonds is 3. The Balaban J connectivity index is 2.22. The van der Waals surface area contributed by atoms with E-state index in [1.807, 2.05) is 19.1 Å². The van der Waals surface area contributed by atoms with Crippen LogP contribution in [0.3, 0.4) is 0 Å². The van der Waals surface area contributed by atoms with Gasteiger partial charge in [0, 0.05) is 25.9 Å². The van der Waals surface area contributed by atoms with Gasteiger partial charge in [-0.25, -0.2) is 4.98 Å². The molecule has 0 aromatic carbocycles. The SMILES string of the molecule is COC1CCN(c2nc(C)ccc2C(=N)N)CC1. The zero-order valence-corrected chi connectivity index (χ0v) is 10.9. The van der Waals surface area contributed by atoms with Gasteiger partial charge in [0.05, 0.1) is 11.7 Å². The van der Waals surface area contributed by atoms with Crippen molar-refractivity contribution in [1.82, 2.24) is 4.98 Å². The molecule has 0 radical (unpaired) electrons. The van der Waals surface area contributed by atoms with E-state index in [4.69, 9.17) is 15.9 Å². The molecule has 18 heavy (non-hydrogen) atoms. The highest BCUT2D eigenvalue weighted by Gasteiger charge is 2.22. The first-order chi connectivity index (χ1) is 8.61. The Bertz CT molecular complexity index is 439. The van der Waals surface area contributed by atoms with Crippen molar-refractivity contribution in [2.45, 2.75) is 25.9 Å². The Hall–Kier alpha value is -1.62. The van der Waals surface area contributed by atoms with Crippen LogP contribution in [-0.2, 0) is 4.74 Å². The van der Waals surface area contributed by atoms with Crippen LogP contribution in [0.15, 0.2) is 12.1 Å². The number of aryl methyl sites for hydroxylation is 1. The third kappa shape index (κ3) is 2.61. The van der Waals surface area contributed by atoms with Gasteiger partial charge in [0.2, 0.25) is 0 Å². The van der Waals surface area contributed by atoms with Gasteiger partial charge in [0.1, 0.15) is 11.7 Å². The average Bonchev–Trinajstić information content (AvgIpc) is 2.38. The maximum atomic E-state index is 7.63. The second kappa shape index (κ2) is 5.35. The number of nitrogen functional groups attached to an aromatic ring is 1. The van der Waals surface area contributed by atoms with E-state index < -0.39 is 0 Å². The third-order valence-electron chi connectivity index (χ3n) is 3.38. The Labute approximate surface area is 107 Å². The lowest BCUT2D eigenvalue weighted by molar-refractivity contribution is 0.0818. The van der Waals surface area contributed by atoms with Crippen molar-refractivity contribution in [3.05, 3.63) is 23.4 Å². The van der Waals surface area contributed by atoms with Gasteiger partial charge >= 0.3 is 0 Å². The average molecular weight is 248 g/mol. The highest BCUT2D eigenvalue weighted by molar-refractivity contribution is 5.99. The highest BCUT2D eigenvalue weighted by Crippen LogP contribution is 2.23. The van der Waals surface area contributed by atoms with Gasteiger partial charge in [-0.05, 0) is 31.9 Å². The fourth-order valence-electron chi connectivity index (χ4n) is 2.30. The normalized spacial score (nSPS) is 16.9. The third-order valence-corrected chi connectivity index (χ3v) is 3.38. The maximum absolute atomic E-state index is 7.63. The lowest BCUT2D eigenvalue weighted by Gasteiger charge is -2.33. The molecule has 0 atom stereocenters. The van der Waals surface area contributed by atoms with Crippen LogP contribution in [0, 0.1) is 12.3 Å². The molecule has 98 valence electrons. The summed E-state index contributed by atoms with van der Waals surface area (Å²) in [6.45, 7) is 3.75. The summed E-state index contributed by atoms with van der Waals surface area (Å²) in [5.41, 5.74) is 7.28. The van der Waals surface area contributed by atoms with Gasteiger partial charge in [-0.15, -0.1) is 0 Å². The summed E-state index contributed by atoms with van der Waals surface area (Å²) in [5.74, 6) is 0.906. The first-order valence-corrected chi connectivity index (χ1v) is 6.21. The van der Waals surface area contributed by atoms with Crippen molar-refractivity contribution in [2.24, 2.45) is 5.73 Å². The summed E-state index contributed by atoms with van der Waals surface area (Å²) >= 11 is 0. The van der Waals surface area contributed by atoms with E-state index in [-0.39, 0.29) is 5.84 Å². The molecule has 1 aliphatic heterocycles. The molecule has 1 saturated heterocycles. The van der Waals surface area contributed by atoms with E-state index in [1.54, 1.807) is 7.11 Å². The van der Waals surface area contributed by atoms with Gasteiger partial charge in [-0.3, -0.25) is 5.41 Å². The monoisotopic (exact) mass is 248 g/mol. The summed E-state index contributed by atoms with van der Waals surface area (Å²) in [6.07, 6.45) is 2.32. The molecule has 0 spiro atoms. The smallest absolute Gasteiger partial charge is 0.139 e. The van der Waals surface area contributed by atoms with E-state index in [1.165, 1.54) is 0 Å². The van der Waals surface area contributed by atoms with E-state index in [9.17, 15) is 0 Å². The largest absolute Gasteiger partial charge is 0.384 e. The molecule has 1 aromatic rings. The van der Waals surface area contributed by atoms with E-state index in [0.29, 0.717) is 6.10 Å². The van der Waals surface area contributed by atoms with Crippen molar-refractivity contribution in [2.75, 3.05) is 25.1 Å². The fourth-order valence-corrected chi connectivity index (χ4v) is 2.30. The molecule has 5 heteroatoms. The molecule has 0 aliphatic carbocycles. The Morgan fingerprint density at radius 2 is 2.11 bits per heavy atom. The number of hydrogen-bond acceptors (Lipinski definition) is 4. The van der Waals surface area contributed by atoms with Crippen LogP contribution in [0.5, 0.6) is 0 Å². The molecule has 1 aliphatic rings. The van der Waals surface area contributed by atoms with Gasteiger partial charge in [0.15, 0.2) is 0 Å². The molecule has 2 heterocycles. The molecule has 1 aromatic heterocycles. The molecule has 0 saturated carbocycles. The number of piperidine rings is 1. The van der Waals surface area contributed by atoms with Crippen molar-refractivity contribution < 1.29 is 4.74 Å². The summed E-state index contributed by atoms with van der Waals surface area (Å²) in [6, 6.07) is 3.77. The second-order valence-electron chi connectivity index (χ2n) is 4.66. The number of anilines is 1. The van der Waals surface area contributed by atoms with Crippen molar-refractivity contribution in [3.63, 3.8) is 0 Å². The molecular formula is C13H20N4O. The number of methoxy groups -OCH3 is 1. The van der Waals surface area contributed by atoms with Crippen molar-refractivity contribution >= 4 is 11.7 Å². The van der Waals surface area contributed by atoms with Crippen LogP contribution >= 0.6 is 0 Å². The van der Waals surface area contributed by atoms with Crippen LogP contribution in [0.2, 0.25) is 0 Å². The second-order valence-corrected chi connectivity index (χ2v) is 4.66. The van der Waals surface area contributed by atoms with Crippen LogP contribution in [0.4, 0.5) is 5.82 Å². The predicted molar refractivity (Wildman–Crippen MR) is 72.2 cm³/mol. The number of nitrogens with one attached hydrogen (secondary N) is 1. The topological polar surface area (TPSA) is 75.2 Å². The quantitative estimate of drug-likeness (QED) is 0.624. The van der Waals surface area contributed by atoms with Crippen LogP contribution < -0.4 is 10.6 Å². The summed E-state index contributed by atoms with van der Waals surface area (Å²) < 4.78 is 5.36. The molecule has 0 amide bonds. The van der Waals surface area contributed by atoms with E-state index in [0.717, 1.165) is 43.0 Å². The minimum atomic E-state index is 0.0753. The van der Waals surface area contributed by atoms with Crippen molar-refractivity contribution in [3.8, 4) is 0 Å². The summed E-state index contributed by atoms with van der Waals surface area (Å²) in [5, 5.41) is 7.63. The number of pyridine rings is 1. The maximum Gasteiger partial charge on any atom is 0.139 e. The van der Waals surface area contributed by atoms with Gasteiger partial charge < -0.3 is 15.4 Å². The van der Waals surface area contributed by atoms with Crippen molar-refractivity contribution in [1.29, 1.82) is 5.41 Å². The number of nitrogens with zero attached hydrogens (tertiary/aromatic N) is 2. The first kappa shape index (κ1) is 12.8. The molecular weight excluding hydrogens is 228 g/mol. The lowest BCUT2D eigenvalue weighted by Crippen LogP contribution is -2.38. The first-order valence-electron chi connectivity index (χ1n) is 6.21. The van der Waals surface area contributed by atoms with Gasteiger partial charge in [-0.2, -0.15) is 0 Å². The number of nitrogens with two attached hydrogens (primary N) is 1. The minimum Gasteiger partial charge on any atom is -0.384 e. The number of aromatic nitrogens is 1. The van der Waals surface area contributed by atoms with E-state index in [2.05, 4.69) is 9.88 Å². The van der Waals surface area contributed by atoms with E-state index >= 15 is 0 Å². The molecule has 3 N–H and O–H groups in total.